The molecule has 0 fully saturated rings. The van der Waals surface area contributed by atoms with Crippen LogP contribution >= 0.6 is 15.9 Å². The number of methoxy groups -OCH3 is 1. The Morgan fingerprint density at radius 1 is 1.30 bits per heavy atom. The summed E-state index contributed by atoms with van der Waals surface area (Å²) in [4.78, 5) is 16.3. The molecule has 8 heteroatoms. The van der Waals surface area contributed by atoms with Crippen molar-refractivity contribution in [2.75, 3.05) is 12.4 Å². The minimum atomic E-state index is -0.490. The van der Waals surface area contributed by atoms with Crippen LogP contribution in [0.15, 0.2) is 51.5 Å². The van der Waals surface area contributed by atoms with Crippen molar-refractivity contribution >= 4 is 27.5 Å². The summed E-state index contributed by atoms with van der Waals surface area (Å²) in [7, 11) is 1.58. The van der Waals surface area contributed by atoms with E-state index in [9.17, 15) is 9.18 Å². The van der Waals surface area contributed by atoms with Gasteiger partial charge in [0.25, 0.3) is 0 Å². The van der Waals surface area contributed by atoms with Crippen molar-refractivity contribution < 1.29 is 18.4 Å². The number of nitrogens with one attached hydrogen (secondary N) is 1. The molecule has 140 valence electrons. The zero-order valence-electron chi connectivity index (χ0n) is 14.5. The fourth-order valence-corrected chi connectivity index (χ4v) is 2.83. The zero-order chi connectivity index (χ0) is 19.2. The number of hydrogen-bond donors (Lipinski definition) is 1. The number of aryl methyl sites for hydroxylation is 1. The molecule has 3 aromatic rings. The van der Waals surface area contributed by atoms with E-state index in [0.717, 1.165) is 5.56 Å². The van der Waals surface area contributed by atoms with Crippen molar-refractivity contribution in [2.24, 2.45) is 0 Å². The summed E-state index contributed by atoms with van der Waals surface area (Å²) < 4.78 is 24.9. The first-order chi connectivity index (χ1) is 13.1. The summed E-state index contributed by atoms with van der Waals surface area (Å²) in [6.45, 7) is 0. The Kier molecular flexibility index (Phi) is 6.18. The average Bonchev–Trinajstić information content (AvgIpc) is 3.13. The van der Waals surface area contributed by atoms with Crippen molar-refractivity contribution in [1.82, 2.24) is 10.1 Å². The first kappa shape index (κ1) is 19.0. The lowest BCUT2D eigenvalue weighted by Gasteiger charge is -2.06. The van der Waals surface area contributed by atoms with Gasteiger partial charge in [0.15, 0.2) is 0 Å². The Labute approximate surface area is 163 Å². The Balaban J connectivity index is 1.54. The van der Waals surface area contributed by atoms with Crippen molar-refractivity contribution in [2.45, 2.75) is 19.3 Å². The van der Waals surface area contributed by atoms with Gasteiger partial charge in [-0.05, 0) is 36.8 Å². The molecule has 2 aromatic carbocycles. The van der Waals surface area contributed by atoms with E-state index in [4.69, 9.17) is 9.26 Å². The number of halogens is 2. The number of benzene rings is 2. The number of carbonyl (C=O) groups excluding carboxylic acids is 1. The number of para-hydroxylation sites is 1. The van der Waals surface area contributed by atoms with Gasteiger partial charge >= 0.3 is 0 Å². The van der Waals surface area contributed by atoms with E-state index in [0.29, 0.717) is 34.8 Å². The van der Waals surface area contributed by atoms with Gasteiger partial charge in [-0.25, -0.2) is 4.39 Å². The molecule has 1 N–H and O–H groups in total. The van der Waals surface area contributed by atoms with Gasteiger partial charge in [-0.2, -0.15) is 4.98 Å². The van der Waals surface area contributed by atoms with Crippen LogP contribution in [-0.2, 0) is 11.2 Å². The second-order valence-corrected chi connectivity index (χ2v) is 6.65. The minimum absolute atomic E-state index is 0.152. The Bertz CT molecular complexity index is 945. The minimum Gasteiger partial charge on any atom is -0.496 e. The molecule has 1 amide bonds. The van der Waals surface area contributed by atoms with Gasteiger partial charge in [-0.1, -0.05) is 33.2 Å². The van der Waals surface area contributed by atoms with E-state index >= 15 is 0 Å². The average molecular weight is 434 g/mol. The van der Waals surface area contributed by atoms with Crippen LogP contribution in [0.1, 0.15) is 18.7 Å². The normalized spacial score (nSPS) is 10.6. The molecule has 1 heterocycles. The van der Waals surface area contributed by atoms with E-state index in [1.54, 1.807) is 13.2 Å². The lowest BCUT2D eigenvalue weighted by molar-refractivity contribution is -0.116. The predicted molar refractivity (Wildman–Crippen MR) is 102 cm³/mol. The summed E-state index contributed by atoms with van der Waals surface area (Å²) >= 11 is 3.17. The number of rotatable bonds is 7. The lowest BCUT2D eigenvalue weighted by atomic mass is 10.2. The largest absolute Gasteiger partial charge is 0.496 e. The Hall–Kier alpha value is -2.74. The van der Waals surface area contributed by atoms with Crippen LogP contribution in [0.5, 0.6) is 5.75 Å². The monoisotopic (exact) mass is 433 g/mol. The fourth-order valence-electron chi connectivity index (χ4n) is 2.50. The van der Waals surface area contributed by atoms with Crippen LogP contribution in [0, 0.1) is 5.82 Å². The topological polar surface area (TPSA) is 77.2 Å². The summed E-state index contributed by atoms with van der Waals surface area (Å²) in [5.41, 5.74) is 0.887. The lowest BCUT2D eigenvalue weighted by Crippen LogP contribution is -2.12. The van der Waals surface area contributed by atoms with Crippen molar-refractivity contribution in [3.05, 3.63) is 58.6 Å². The number of carbonyl (C=O) groups is 1. The maximum Gasteiger partial charge on any atom is 0.226 e. The highest BCUT2D eigenvalue weighted by atomic mass is 79.9. The van der Waals surface area contributed by atoms with Crippen molar-refractivity contribution in [3.8, 4) is 17.1 Å². The summed E-state index contributed by atoms with van der Waals surface area (Å²) in [5.74, 6) is 0.750. The third kappa shape index (κ3) is 4.91. The number of ether oxygens (including phenoxy) is 1. The molecule has 0 aliphatic carbocycles. The van der Waals surface area contributed by atoms with E-state index in [1.807, 2.05) is 24.3 Å². The number of amides is 1. The smallest absolute Gasteiger partial charge is 0.226 e. The molecule has 6 nitrogen and oxygen atoms in total. The Morgan fingerprint density at radius 2 is 2.11 bits per heavy atom. The molecule has 0 saturated carbocycles. The summed E-state index contributed by atoms with van der Waals surface area (Å²) in [5, 5.41) is 6.51. The van der Waals surface area contributed by atoms with Gasteiger partial charge in [0.2, 0.25) is 17.6 Å². The molecule has 0 aliphatic heterocycles. The molecule has 0 radical (unpaired) electrons. The highest BCUT2D eigenvalue weighted by Gasteiger charge is 2.13. The molecular formula is C19H17BrFN3O3. The van der Waals surface area contributed by atoms with Gasteiger partial charge in [0.05, 0.1) is 18.4 Å². The second-order valence-electron chi connectivity index (χ2n) is 5.74. The van der Waals surface area contributed by atoms with Gasteiger partial charge < -0.3 is 14.6 Å². The number of nitrogens with zero attached hydrogens (tertiary/aromatic N) is 2. The maximum absolute atomic E-state index is 13.7. The molecule has 0 atom stereocenters. The van der Waals surface area contributed by atoms with Gasteiger partial charge in [-0.3, -0.25) is 4.79 Å². The van der Waals surface area contributed by atoms with Crippen LogP contribution < -0.4 is 10.1 Å². The second kappa shape index (κ2) is 8.77. The van der Waals surface area contributed by atoms with E-state index in [1.165, 1.54) is 12.1 Å². The highest BCUT2D eigenvalue weighted by Crippen LogP contribution is 2.27. The molecule has 0 spiro atoms. The van der Waals surface area contributed by atoms with Gasteiger partial charge in [0.1, 0.15) is 11.6 Å². The first-order valence-corrected chi connectivity index (χ1v) is 9.07. The molecule has 27 heavy (non-hydrogen) atoms. The van der Waals surface area contributed by atoms with E-state index in [2.05, 4.69) is 31.4 Å². The molecule has 1 aromatic heterocycles. The van der Waals surface area contributed by atoms with Crippen LogP contribution in [0.25, 0.3) is 11.4 Å². The Morgan fingerprint density at radius 3 is 2.89 bits per heavy atom. The molecule has 0 aliphatic rings. The SMILES string of the molecule is COc1ccccc1-c1noc(CCCC(=O)Nc2ccc(Br)cc2F)n1. The van der Waals surface area contributed by atoms with E-state index in [-0.39, 0.29) is 18.0 Å². The molecule has 0 bridgehead atoms. The first-order valence-electron chi connectivity index (χ1n) is 8.27. The standard InChI is InChI=1S/C19H17BrFN3O3/c1-26-16-6-3-2-5-13(16)19-23-18(27-24-19)8-4-7-17(25)22-15-10-9-12(20)11-14(15)21/h2-3,5-6,9-11H,4,7-8H2,1H3,(H,22,25). The zero-order valence-corrected chi connectivity index (χ0v) is 16.1. The van der Waals surface area contributed by atoms with Crippen LogP contribution in [0.3, 0.4) is 0 Å². The predicted octanol–water partition coefficient (Wildman–Crippen LogP) is 4.61. The molecule has 0 unspecified atom stereocenters. The molecule has 3 rings (SSSR count). The fraction of sp³-hybridized carbons (Fsp3) is 0.211. The number of anilines is 1. The quantitative estimate of drug-likeness (QED) is 0.588. The maximum atomic E-state index is 13.7. The number of aromatic nitrogens is 2. The van der Waals surface area contributed by atoms with Crippen LogP contribution in [0.2, 0.25) is 0 Å². The highest BCUT2D eigenvalue weighted by molar-refractivity contribution is 9.10. The van der Waals surface area contributed by atoms with Gasteiger partial charge in [-0.15, -0.1) is 0 Å². The summed E-state index contributed by atoms with van der Waals surface area (Å²) in [6, 6.07) is 11.8. The third-order valence-electron chi connectivity index (χ3n) is 3.82. The van der Waals surface area contributed by atoms with E-state index < -0.39 is 5.82 Å². The number of hydrogen-bond acceptors (Lipinski definition) is 5. The molecular weight excluding hydrogens is 417 g/mol. The van der Waals surface area contributed by atoms with Crippen LogP contribution in [0.4, 0.5) is 10.1 Å². The van der Waals surface area contributed by atoms with Crippen molar-refractivity contribution in [1.29, 1.82) is 0 Å². The summed E-state index contributed by atoms with van der Waals surface area (Å²) in [6.07, 6.45) is 1.15. The third-order valence-corrected chi connectivity index (χ3v) is 4.31. The van der Waals surface area contributed by atoms with Gasteiger partial charge in [0, 0.05) is 17.3 Å². The van der Waals surface area contributed by atoms with Crippen molar-refractivity contribution in [3.63, 3.8) is 0 Å². The molecule has 0 saturated heterocycles. The van der Waals surface area contributed by atoms with Crippen LogP contribution in [-0.4, -0.2) is 23.2 Å².